The van der Waals surface area contributed by atoms with Gasteiger partial charge in [-0.25, -0.2) is 0 Å². The van der Waals surface area contributed by atoms with Crippen LogP contribution in [0.5, 0.6) is 0 Å². The summed E-state index contributed by atoms with van der Waals surface area (Å²) in [5.41, 5.74) is 3.64. The van der Waals surface area contributed by atoms with Gasteiger partial charge in [0, 0.05) is 11.8 Å². The summed E-state index contributed by atoms with van der Waals surface area (Å²) in [7, 11) is 0. The highest BCUT2D eigenvalue weighted by Gasteiger charge is 2.62. The molecule has 0 aromatic heterocycles. The van der Waals surface area contributed by atoms with E-state index in [0.29, 0.717) is 17.6 Å². The third-order valence-electron chi connectivity index (χ3n) is 8.18. The minimum atomic E-state index is -0.711. The van der Waals surface area contributed by atoms with Crippen LogP contribution in [0, 0.1) is 29.1 Å². The Morgan fingerprint density at radius 3 is 2.83 bits per heavy atom. The molecule has 2 nitrogen and oxygen atoms in total. The van der Waals surface area contributed by atoms with Gasteiger partial charge >= 0.3 is 0 Å². The van der Waals surface area contributed by atoms with Gasteiger partial charge in [-0.3, -0.25) is 4.79 Å². The van der Waals surface area contributed by atoms with Crippen LogP contribution in [0.1, 0.15) is 64.7 Å². The van der Waals surface area contributed by atoms with E-state index in [0.717, 1.165) is 56.8 Å². The van der Waals surface area contributed by atoms with E-state index in [1.54, 1.807) is 0 Å². The Kier molecular flexibility index (Phi) is 3.90. The van der Waals surface area contributed by atoms with Crippen LogP contribution in [0.2, 0.25) is 0 Å². The fourth-order valence-electron chi connectivity index (χ4n) is 7.18. The lowest BCUT2D eigenvalue weighted by atomic mass is 9.49. The number of fused-ring (bicyclic) bond motifs is 5. The first-order valence-corrected chi connectivity index (χ1v) is 9.87. The molecular formula is C22H30O2. The van der Waals surface area contributed by atoms with Crippen LogP contribution in [-0.2, 0) is 4.79 Å². The highest BCUT2D eigenvalue weighted by Crippen LogP contribution is 2.66. The van der Waals surface area contributed by atoms with E-state index in [1.807, 2.05) is 12.2 Å². The van der Waals surface area contributed by atoms with Gasteiger partial charge in [0.25, 0.3) is 0 Å². The molecule has 4 aliphatic carbocycles. The zero-order valence-electron chi connectivity index (χ0n) is 14.9. The Labute approximate surface area is 145 Å². The SMILES string of the molecule is C=C=C[C@]1(O)CC[C@H]2[C@@H]3CCC4=CC(=O)CC[C@@H]4[C@H]3CCC21CC. The molecule has 0 amide bonds. The first kappa shape index (κ1) is 16.4. The van der Waals surface area contributed by atoms with Gasteiger partial charge in [0.2, 0.25) is 0 Å². The molecule has 0 aromatic rings. The first-order chi connectivity index (χ1) is 11.5. The van der Waals surface area contributed by atoms with E-state index < -0.39 is 5.60 Å². The molecular weight excluding hydrogens is 296 g/mol. The standard InChI is InChI=1S/C22H30O2/c1-3-11-22(24)13-10-20-19-7-5-15-14-16(23)6-8-17(15)18(19)9-12-21(20,22)4-2/h11,14,17-20,24H,1,4-10,12-13H2,2H3/t17-,18+,19+,20-,21?,22-/m0/s1. The lowest BCUT2D eigenvalue weighted by molar-refractivity contribution is -0.117. The van der Waals surface area contributed by atoms with Crippen LogP contribution in [0.4, 0.5) is 0 Å². The van der Waals surface area contributed by atoms with Crippen molar-refractivity contribution in [2.45, 2.75) is 70.3 Å². The van der Waals surface area contributed by atoms with E-state index in [-0.39, 0.29) is 5.41 Å². The minimum absolute atomic E-state index is 0.0184. The minimum Gasteiger partial charge on any atom is -0.385 e. The molecule has 1 N–H and O–H groups in total. The molecule has 0 radical (unpaired) electrons. The molecule has 6 atom stereocenters. The van der Waals surface area contributed by atoms with Gasteiger partial charge in [-0.15, -0.1) is 5.73 Å². The van der Waals surface area contributed by atoms with Crippen molar-refractivity contribution in [3.63, 3.8) is 0 Å². The quantitative estimate of drug-likeness (QED) is 0.754. The van der Waals surface area contributed by atoms with E-state index >= 15 is 0 Å². The van der Waals surface area contributed by atoms with Gasteiger partial charge in [-0.05, 0) is 87.2 Å². The monoisotopic (exact) mass is 326 g/mol. The highest BCUT2D eigenvalue weighted by atomic mass is 16.3. The molecule has 4 aliphatic rings. The maximum atomic E-state index is 11.8. The van der Waals surface area contributed by atoms with Crippen LogP contribution in [-0.4, -0.2) is 16.5 Å². The first-order valence-electron chi connectivity index (χ1n) is 9.87. The molecule has 4 rings (SSSR count). The van der Waals surface area contributed by atoms with Crippen molar-refractivity contribution in [1.29, 1.82) is 0 Å². The molecule has 24 heavy (non-hydrogen) atoms. The van der Waals surface area contributed by atoms with Crippen molar-refractivity contribution in [2.24, 2.45) is 29.1 Å². The van der Waals surface area contributed by atoms with E-state index in [9.17, 15) is 9.90 Å². The largest absolute Gasteiger partial charge is 0.385 e. The lowest BCUT2D eigenvalue weighted by Gasteiger charge is -2.56. The van der Waals surface area contributed by atoms with Crippen LogP contribution in [0.15, 0.2) is 30.0 Å². The predicted octanol–water partition coefficient (Wildman–Crippen LogP) is 4.59. The molecule has 130 valence electrons. The summed E-state index contributed by atoms with van der Waals surface area (Å²) < 4.78 is 0. The molecule has 0 bridgehead atoms. The highest BCUT2D eigenvalue weighted by molar-refractivity contribution is 5.91. The number of aliphatic hydroxyl groups is 1. The summed E-state index contributed by atoms with van der Waals surface area (Å²) in [6.07, 6.45) is 13.3. The second kappa shape index (κ2) is 5.71. The third-order valence-corrected chi connectivity index (χ3v) is 8.18. The van der Waals surface area contributed by atoms with Crippen LogP contribution < -0.4 is 0 Å². The van der Waals surface area contributed by atoms with Crippen molar-refractivity contribution < 1.29 is 9.90 Å². The van der Waals surface area contributed by atoms with Gasteiger partial charge in [0.15, 0.2) is 5.78 Å². The molecule has 2 heteroatoms. The molecule has 0 aromatic carbocycles. The van der Waals surface area contributed by atoms with Crippen LogP contribution in [0.25, 0.3) is 0 Å². The zero-order chi connectivity index (χ0) is 16.9. The molecule has 1 unspecified atom stereocenters. The Hall–Kier alpha value is -1.11. The molecule has 0 heterocycles. The number of rotatable bonds is 2. The Morgan fingerprint density at radius 2 is 2.08 bits per heavy atom. The van der Waals surface area contributed by atoms with Crippen molar-refractivity contribution in [2.75, 3.05) is 0 Å². The normalized spacial score (nSPS) is 47.1. The van der Waals surface area contributed by atoms with Gasteiger partial charge < -0.3 is 5.11 Å². The molecule has 3 saturated carbocycles. The number of carbonyl (C=O) groups excluding carboxylic acids is 1. The number of ketones is 1. The van der Waals surface area contributed by atoms with Crippen LogP contribution >= 0.6 is 0 Å². The number of carbonyl (C=O) groups is 1. The van der Waals surface area contributed by atoms with Crippen LogP contribution in [0.3, 0.4) is 0 Å². The van der Waals surface area contributed by atoms with Crippen molar-refractivity contribution >= 4 is 5.78 Å². The molecule has 0 aliphatic heterocycles. The Balaban J connectivity index is 1.67. The smallest absolute Gasteiger partial charge is 0.155 e. The summed E-state index contributed by atoms with van der Waals surface area (Å²) >= 11 is 0. The predicted molar refractivity (Wildman–Crippen MR) is 95.4 cm³/mol. The van der Waals surface area contributed by atoms with Crippen molar-refractivity contribution in [3.8, 4) is 0 Å². The number of allylic oxidation sites excluding steroid dienone is 1. The molecule has 0 spiro atoms. The van der Waals surface area contributed by atoms with Gasteiger partial charge in [0.05, 0.1) is 5.60 Å². The van der Waals surface area contributed by atoms with E-state index in [1.165, 1.54) is 18.4 Å². The van der Waals surface area contributed by atoms with E-state index in [2.05, 4.69) is 19.2 Å². The maximum absolute atomic E-state index is 11.8. The van der Waals surface area contributed by atoms with Crippen molar-refractivity contribution in [3.05, 3.63) is 30.0 Å². The molecule has 0 saturated heterocycles. The topological polar surface area (TPSA) is 37.3 Å². The van der Waals surface area contributed by atoms with Gasteiger partial charge in [-0.2, -0.15) is 0 Å². The molecule has 3 fully saturated rings. The number of hydrogen-bond acceptors (Lipinski definition) is 2. The summed E-state index contributed by atoms with van der Waals surface area (Å²) in [4.78, 5) is 11.8. The van der Waals surface area contributed by atoms with Gasteiger partial charge in [-0.1, -0.05) is 19.1 Å². The van der Waals surface area contributed by atoms with Gasteiger partial charge in [0.1, 0.15) is 0 Å². The zero-order valence-corrected chi connectivity index (χ0v) is 14.9. The average Bonchev–Trinajstić information content (AvgIpc) is 2.88. The fraction of sp³-hybridized carbons (Fsp3) is 0.727. The summed E-state index contributed by atoms with van der Waals surface area (Å²) in [6, 6.07) is 0. The second-order valence-corrected chi connectivity index (χ2v) is 8.66. The number of hydrogen-bond donors (Lipinski definition) is 1. The second-order valence-electron chi connectivity index (χ2n) is 8.66. The summed E-state index contributed by atoms with van der Waals surface area (Å²) in [6.45, 7) is 5.99. The maximum Gasteiger partial charge on any atom is 0.155 e. The Morgan fingerprint density at radius 1 is 1.25 bits per heavy atom. The Bertz CT molecular complexity index is 626. The summed E-state index contributed by atoms with van der Waals surface area (Å²) in [5.74, 6) is 3.05. The van der Waals surface area contributed by atoms with Crippen molar-refractivity contribution in [1.82, 2.24) is 0 Å². The lowest BCUT2D eigenvalue weighted by Crippen LogP contribution is -2.53. The van der Waals surface area contributed by atoms with E-state index in [4.69, 9.17) is 0 Å². The average molecular weight is 326 g/mol. The summed E-state index contributed by atoms with van der Waals surface area (Å²) in [5, 5.41) is 11.4. The third kappa shape index (κ3) is 2.09. The fourth-order valence-corrected chi connectivity index (χ4v) is 7.18.